The highest BCUT2D eigenvalue weighted by Crippen LogP contribution is 2.33. The van der Waals surface area contributed by atoms with Crippen LogP contribution in [-0.4, -0.2) is 76.6 Å². The van der Waals surface area contributed by atoms with E-state index in [2.05, 4.69) is 5.32 Å². The molecule has 4 N–H and O–H groups in total. The van der Waals surface area contributed by atoms with Gasteiger partial charge in [0.1, 0.15) is 17.7 Å². The number of carbonyl (C=O) groups is 4. The normalized spacial score (nSPS) is 15.0. The lowest BCUT2D eigenvalue weighted by molar-refractivity contribution is -0.142. The topological polar surface area (TPSA) is 142 Å². The number of ether oxygens (including phenoxy) is 1. The third kappa shape index (κ3) is 9.49. The Kier molecular flexibility index (Phi) is 11.8. The molecule has 10 heteroatoms. The molecule has 0 aromatic heterocycles. The van der Waals surface area contributed by atoms with E-state index in [1.165, 1.54) is 23.8 Å². The molecule has 1 aromatic rings. The first-order valence-electron chi connectivity index (χ1n) is 14.2. The van der Waals surface area contributed by atoms with Crippen molar-refractivity contribution in [3.05, 3.63) is 41.5 Å². The molecular weight excluding hydrogens is 536 g/mol. The quantitative estimate of drug-likeness (QED) is 0.263. The van der Waals surface area contributed by atoms with Crippen molar-refractivity contribution in [1.29, 1.82) is 0 Å². The summed E-state index contributed by atoms with van der Waals surface area (Å²) in [7, 11) is 3.10. The summed E-state index contributed by atoms with van der Waals surface area (Å²) in [5, 5.41) is 12.4. The second-order valence-corrected chi connectivity index (χ2v) is 14.0. The van der Waals surface area contributed by atoms with Gasteiger partial charge in [0, 0.05) is 30.8 Å². The molecule has 0 aliphatic heterocycles. The maximum Gasteiger partial charge on any atom is 0.410 e. The van der Waals surface area contributed by atoms with Crippen LogP contribution in [0.25, 0.3) is 0 Å². The van der Waals surface area contributed by atoms with E-state index < -0.39 is 52.5 Å². The van der Waals surface area contributed by atoms with E-state index >= 15 is 0 Å². The SMILES string of the molecule is CC(=C[C@H](C(C)C)N(C)C(=O)[C@@H](NC(=O)[C@H](N(C)C(=O)OC(C)(C)C)C(C)(C)c1cccc(N)c1)C(C)(C)C)C(=O)O. The van der Waals surface area contributed by atoms with Crippen LogP contribution in [0, 0.1) is 11.3 Å². The van der Waals surface area contributed by atoms with E-state index in [9.17, 15) is 24.3 Å². The van der Waals surface area contributed by atoms with Crippen LogP contribution in [0.15, 0.2) is 35.9 Å². The average Bonchev–Trinajstić information content (AvgIpc) is 2.82. The summed E-state index contributed by atoms with van der Waals surface area (Å²) in [6, 6.07) is 4.50. The average molecular weight is 589 g/mol. The Labute approximate surface area is 251 Å². The maximum absolute atomic E-state index is 14.3. The molecule has 1 rings (SSSR count). The van der Waals surface area contributed by atoms with Gasteiger partial charge in [-0.2, -0.15) is 0 Å². The van der Waals surface area contributed by atoms with Crippen molar-refractivity contribution >= 4 is 29.6 Å². The lowest BCUT2D eigenvalue weighted by Crippen LogP contribution is -2.63. The lowest BCUT2D eigenvalue weighted by atomic mass is 9.76. The number of benzene rings is 1. The summed E-state index contributed by atoms with van der Waals surface area (Å²) in [4.78, 5) is 55.8. The van der Waals surface area contributed by atoms with E-state index in [1.807, 2.05) is 54.5 Å². The fraction of sp³-hybridized carbons (Fsp3) is 0.625. The van der Waals surface area contributed by atoms with Gasteiger partial charge in [0.2, 0.25) is 11.8 Å². The van der Waals surface area contributed by atoms with E-state index in [-0.39, 0.29) is 17.4 Å². The van der Waals surface area contributed by atoms with Crippen molar-refractivity contribution < 1.29 is 29.0 Å². The monoisotopic (exact) mass is 588 g/mol. The van der Waals surface area contributed by atoms with Crippen LogP contribution in [0.2, 0.25) is 0 Å². The predicted molar refractivity (Wildman–Crippen MR) is 166 cm³/mol. The molecule has 0 saturated heterocycles. The Morgan fingerprint density at radius 2 is 1.52 bits per heavy atom. The predicted octanol–water partition coefficient (Wildman–Crippen LogP) is 4.83. The molecule has 0 saturated carbocycles. The van der Waals surface area contributed by atoms with Crippen LogP contribution in [0.5, 0.6) is 0 Å². The fourth-order valence-electron chi connectivity index (χ4n) is 4.82. The first-order chi connectivity index (χ1) is 18.9. The number of amides is 3. The van der Waals surface area contributed by atoms with E-state index in [0.717, 1.165) is 5.56 Å². The molecular formula is C32H52N4O6. The highest BCUT2D eigenvalue weighted by atomic mass is 16.6. The van der Waals surface area contributed by atoms with Gasteiger partial charge < -0.3 is 25.8 Å². The zero-order valence-electron chi connectivity index (χ0n) is 27.7. The first-order valence-corrected chi connectivity index (χ1v) is 14.2. The van der Waals surface area contributed by atoms with E-state index in [0.29, 0.717) is 5.69 Å². The van der Waals surface area contributed by atoms with E-state index in [4.69, 9.17) is 10.5 Å². The minimum atomic E-state index is -1.09. The summed E-state index contributed by atoms with van der Waals surface area (Å²) >= 11 is 0. The molecule has 0 bridgehead atoms. The van der Waals surface area contributed by atoms with Crippen molar-refractivity contribution in [2.75, 3.05) is 19.8 Å². The largest absolute Gasteiger partial charge is 0.478 e. The lowest BCUT2D eigenvalue weighted by Gasteiger charge is -2.42. The van der Waals surface area contributed by atoms with Crippen LogP contribution in [0.4, 0.5) is 10.5 Å². The minimum Gasteiger partial charge on any atom is -0.478 e. The maximum atomic E-state index is 14.3. The molecule has 0 aliphatic carbocycles. The number of anilines is 1. The van der Waals surface area contributed by atoms with Crippen LogP contribution >= 0.6 is 0 Å². The zero-order valence-corrected chi connectivity index (χ0v) is 27.7. The molecule has 42 heavy (non-hydrogen) atoms. The standard InChI is InChI=1S/C32H52N4O6/c1-19(2)23(17-20(3)28(39)40)35(12)27(38)24(30(4,5)6)34-26(37)25(36(13)29(41)42-31(7,8)9)32(10,11)21-15-14-16-22(33)18-21/h14-19,23-25H,33H2,1-13H3,(H,34,37)(H,39,40)/t23-,24-,25+/m1/s1. The Morgan fingerprint density at radius 1 is 0.976 bits per heavy atom. The summed E-state index contributed by atoms with van der Waals surface area (Å²) in [5.41, 5.74) is 4.94. The van der Waals surface area contributed by atoms with Crippen LogP contribution in [0.3, 0.4) is 0 Å². The Hall–Kier alpha value is -3.56. The highest BCUT2D eigenvalue weighted by Gasteiger charge is 2.46. The first kappa shape index (κ1) is 36.5. The fourth-order valence-corrected chi connectivity index (χ4v) is 4.82. The molecule has 3 atom stereocenters. The van der Waals surface area contributed by atoms with Crippen LogP contribution in [-0.2, 0) is 24.5 Å². The minimum absolute atomic E-state index is 0.0990. The number of nitrogens with one attached hydrogen (secondary N) is 1. The second-order valence-electron chi connectivity index (χ2n) is 14.0. The number of nitrogens with two attached hydrogens (primary N) is 1. The smallest absolute Gasteiger partial charge is 0.410 e. The van der Waals surface area contributed by atoms with Gasteiger partial charge in [-0.1, -0.05) is 66.7 Å². The van der Waals surface area contributed by atoms with Crippen molar-refractivity contribution in [1.82, 2.24) is 15.1 Å². The van der Waals surface area contributed by atoms with Gasteiger partial charge >= 0.3 is 12.1 Å². The summed E-state index contributed by atoms with van der Waals surface area (Å²) < 4.78 is 5.61. The van der Waals surface area contributed by atoms with Crippen molar-refractivity contribution in [3.8, 4) is 0 Å². The number of aliphatic carboxylic acids is 1. The Balaban J connectivity index is 3.64. The van der Waals surface area contributed by atoms with E-state index in [1.54, 1.807) is 52.1 Å². The molecule has 0 unspecified atom stereocenters. The highest BCUT2D eigenvalue weighted by molar-refractivity contribution is 5.93. The van der Waals surface area contributed by atoms with Gasteiger partial charge in [-0.15, -0.1) is 0 Å². The van der Waals surface area contributed by atoms with Gasteiger partial charge in [0.15, 0.2) is 0 Å². The Bertz CT molecular complexity index is 1180. The molecule has 10 nitrogen and oxygen atoms in total. The van der Waals surface area contributed by atoms with Crippen LogP contribution in [0.1, 0.15) is 81.7 Å². The molecule has 3 amide bonds. The van der Waals surface area contributed by atoms with Gasteiger partial charge in [-0.3, -0.25) is 14.5 Å². The number of carboxylic acids is 1. The van der Waals surface area contributed by atoms with Crippen LogP contribution < -0.4 is 11.1 Å². The van der Waals surface area contributed by atoms with Gasteiger partial charge in [-0.25, -0.2) is 9.59 Å². The number of nitrogens with zero attached hydrogens (tertiary/aromatic N) is 2. The molecule has 0 spiro atoms. The van der Waals surface area contributed by atoms with Crippen molar-refractivity contribution in [3.63, 3.8) is 0 Å². The number of hydrogen-bond donors (Lipinski definition) is 3. The molecule has 236 valence electrons. The third-order valence-electron chi connectivity index (χ3n) is 7.27. The molecule has 1 aromatic carbocycles. The summed E-state index contributed by atoms with van der Waals surface area (Å²) in [6.45, 7) is 19.7. The molecule has 0 heterocycles. The van der Waals surface area contributed by atoms with Crippen molar-refractivity contribution in [2.45, 2.75) is 105 Å². The Morgan fingerprint density at radius 3 is 1.95 bits per heavy atom. The number of rotatable bonds is 10. The number of carbonyl (C=O) groups excluding carboxylic acids is 3. The summed E-state index contributed by atoms with van der Waals surface area (Å²) in [5.74, 6) is -2.10. The number of likely N-dealkylation sites (N-methyl/N-ethyl adjacent to an activating group) is 2. The van der Waals surface area contributed by atoms with Gasteiger partial charge in [0.25, 0.3) is 0 Å². The second kappa shape index (κ2) is 13.6. The number of carboxylic acid groups (broad SMARTS) is 1. The van der Waals surface area contributed by atoms with Gasteiger partial charge in [-0.05, 0) is 56.7 Å². The number of hydrogen-bond acceptors (Lipinski definition) is 6. The molecule has 0 radical (unpaired) electrons. The summed E-state index contributed by atoms with van der Waals surface area (Å²) in [6.07, 6.45) is 0.860. The van der Waals surface area contributed by atoms with Gasteiger partial charge in [0.05, 0.1) is 6.04 Å². The zero-order chi connectivity index (χ0) is 33.0. The van der Waals surface area contributed by atoms with Crippen molar-refractivity contribution in [2.24, 2.45) is 11.3 Å². The molecule has 0 fully saturated rings. The number of nitrogen functional groups attached to an aromatic ring is 1. The third-order valence-corrected chi connectivity index (χ3v) is 7.27. The molecule has 0 aliphatic rings.